The van der Waals surface area contributed by atoms with Crippen LogP contribution >= 0.6 is 11.8 Å². The molecule has 2 aromatic heterocycles. The van der Waals surface area contributed by atoms with E-state index in [1.165, 1.54) is 37.4 Å². The van der Waals surface area contributed by atoms with Crippen molar-refractivity contribution in [3.05, 3.63) is 17.5 Å². The Morgan fingerprint density at radius 3 is 2.90 bits per heavy atom. The van der Waals surface area contributed by atoms with Gasteiger partial charge in [-0.15, -0.1) is 5.10 Å². The first kappa shape index (κ1) is 13.6. The van der Waals surface area contributed by atoms with Crippen LogP contribution in [0.5, 0.6) is 0 Å². The van der Waals surface area contributed by atoms with E-state index >= 15 is 0 Å². The van der Waals surface area contributed by atoms with Gasteiger partial charge in [-0.3, -0.25) is 5.10 Å². The molecule has 2 heterocycles. The summed E-state index contributed by atoms with van der Waals surface area (Å²) in [4.78, 5) is 8.79. The van der Waals surface area contributed by atoms with Gasteiger partial charge in [0.1, 0.15) is 5.82 Å². The summed E-state index contributed by atoms with van der Waals surface area (Å²) in [5.74, 6) is 3.78. The Morgan fingerprint density at radius 1 is 1.30 bits per heavy atom. The fourth-order valence-corrected chi connectivity index (χ4v) is 3.19. The molecule has 0 aromatic carbocycles. The first-order valence-electron chi connectivity index (χ1n) is 7.19. The summed E-state index contributed by atoms with van der Waals surface area (Å²) in [5, 5.41) is 11.9. The van der Waals surface area contributed by atoms with Crippen LogP contribution in [-0.2, 0) is 18.6 Å². The summed E-state index contributed by atoms with van der Waals surface area (Å²) in [7, 11) is 0. The standard InChI is InChI=1S/C13H19N5OS/c1-2-10-14-12(19-18-10)8-20-13-15-11(16-17-13)7-9-5-3-4-6-9/h9H,2-8H2,1H3,(H,15,16,17). The van der Waals surface area contributed by atoms with Crippen molar-refractivity contribution < 1.29 is 4.52 Å². The molecule has 2 aromatic rings. The second-order valence-corrected chi connectivity index (χ2v) is 6.11. The van der Waals surface area contributed by atoms with Crippen LogP contribution in [0.2, 0.25) is 0 Å². The maximum absolute atomic E-state index is 5.14. The number of thioether (sulfide) groups is 1. The van der Waals surface area contributed by atoms with E-state index in [0.29, 0.717) is 11.6 Å². The third kappa shape index (κ3) is 3.39. The van der Waals surface area contributed by atoms with Crippen molar-refractivity contribution in [2.45, 2.75) is 56.4 Å². The molecular weight excluding hydrogens is 274 g/mol. The van der Waals surface area contributed by atoms with E-state index in [9.17, 15) is 0 Å². The number of hydrogen-bond donors (Lipinski definition) is 1. The van der Waals surface area contributed by atoms with Crippen molar-refractivity contribution >= 4 is 11.8 Å². The van der Waals surface area contributed by atoms with Gasteiger partial charge in [-0.25, -0.2) is 4.98 Å². The van der Waals surface area contributed by atoms with Gasteiger partial charge in [0.15, 0.2) is 5.82 Å². The van der Waals surface area contributed by atoms with Gasteiger partial charge in [-0.2, -0.15) is 4.98 Å². The molecule has 0 bridgehead atoms. The van der Waals surface area contributed by atoms with Crippen molar-refractivity contribution in [1.29, 1.82) is 0 Å². The topological polar surface area (TPSA) is 80.5 Å². The SMILES string of the molecule is CCc1noc(CSc2n[nH]c(CC3CCCC3)n2)n1. The summed E-state index contributed by atoms with van der Waals surface area (Å²) in [6, 6.07) is 0. The monoisotopic (exact) mass is 293 g/mol. The summed E-state index contributed by atoms with van der Waals surface area (Å²) in [6.07, 6.45) is 7.18. The molecule has 0 atom stereocenters. The van der Waals surface area contributed by atoms with E-state index in [-0.39, 0.29) is 0 Å². The van der Waals surface area contributed by atoms with Crippen LogP contribution < -0.4 is 0 Å². The van der Waals surface area contributed by atoms with Gasteiger partial charge < -0.3 is 4.52 Å². The molecule has 7 heteroatoms. The van der Waals surface area contributed by atoms with Crippen molar-refractivity contribution in [3.63, 3.8) is 0 Å². The van der Waals surface area contributed by atoms with Gasteiger partial charge in [0.25, 0.3) is 0 Å². The number of aryl methyl sites for hydroxylation is 1. The molecular formula is C13H19N5OS. The zero-order chi connectivity index (χ0) is 13.8. The summed E-state index contributed by atoms with van der Waals surface area (Å²) < 4.78 is 5.14. The van der Waals surface area contributed by atoms with Crippen LogP contribution in [0.25, 0.3) is 0 Å². The first-order chi connectivity index (χ1) is 9.83. The largest absolute Gasteiger partial charge is 0.338 e. The predicted molar refractivity (Wildman–Crippen MR) is 75.3 cm³/mol. The molecule has 1 fully saturated rings. The van der Waals surface area contributed by atoms with E-state index in [1.54, 1.807) is 0 Å². The van der Waals surface area contributed by atoms with Gasteiger partial charge in [0.2, 0.25) is 11.0 Å². The lowest BCUT2D eigenvalue weighted by Gasteiger charge is -2.03. The summed E-state index contributed by atoms with van der Waals surface area (Å²) in [5.41, 5.74) is 0. The Kier molecular flexibility index (Phi) is 4.34. The second kappa shape index (κ2) is 6.39. The highest BCUT2D eigenvalue weighted by Gasteiger charge is 2.17. The maximum Gasteiger partial charge on any atom is 0.237 e. The molecule has 1 saturated carbocycles. The highest BCUT2D eigenvalue weighted by atomic mass is 32.2. The highest BCUT2D eigenvalue weighted by Crippen LogP contribution is 2.27. The average molecular weight is 293 g/mol. The predicted octanol–water partition coefficient (Wildman–Crippen LogP) is 2.78. The second-order valence-electron chi connectivity index (χ2n) is 5.17. The number of nitrogens with zero attached hydrogens (tertiary/aromatic N) is 4. The van der Waals surface area contributed by atoms with Gasteiger partial charge in [-0.05, 0) is 5.92 Å². The Balaban J connectivity index is 1.51. The van der Waals surface area contributed by atoms with E-state index in [4.69, 9.17) is 4.52 Å². The minimum Gasteiger partial charge on any atom is -0.338 e. The summed E-state index contributed by atoms with van der Waals surface area (Å²) in [6.45, 7) is 2.01. The highest BCUT2D eigenvalue weighted by molar-refractivity contribution is 7.98. The Morgan fingerprint density at radius 2 is 2.15 bits per heavy atom. The lowest BCUT2D eigenvalue weighted by Crippen LogP contribution is -2.00. The number of aromatic nitrogens is 5. The van der Waals surface area contributed by atoms with Gasteiger partial charge in [-0.1, -0.05) is 49.5 Å². The number of H-pyrrole nitrogens is 1. The minimum absolute atomic E-state index is 0.619. The van der Waals surface area contributed by atoms with Gasteiger partial charge >= 0.3 is 0 Å². The number of nitrogens with one attached hydrogen (secondary N) is 1. The molecule has 1 aliphatic rings. The molecule has 1 aliphatic carbocycles. The van der Waals surface area contributed by atoms with Crippen LogP contribution in [0.3, 0.4) is 0 Å². The molecule has 0 radical (unpaired) electrons. The van der Waals surface area contributed by atoms with Crippen molar-refractivity contribution in [2.75, 3.05) is 0 Å². The molecule has 3 rings (SSSR count). The molecule has 0 spiro atoms. The average Bonchev–Trinajstić information content (AvgIpc) is 3.18. The third-order valence-electron chi connectivity index (χ3n) is 3.62. The Hall–Kier alpha value is -1.37. The lowest BCUT2D eigenvalue weighted by molar-refractivity contribution is 0.385. The van der Waals surface area contributed by atoms with Crippen LogP contribution in [0.1, 0.15) is 50.1 Å². The van der Waals surface area contributed by atoms with Crippen LogP contribution in [-0.4, -0.2) is 25.3 Å². The number of rotatable bonds is 6. The molecule has 108 valence electrons. The normalized spacial score (nSPS) is 16.1. The molecule has 0 aliphatic heterocycles. The number of aromatic amines is 1. The number of hydrogen-bond acceptors (Lipinski definition) is 6. The maximum atomic E-state index is 5.14. The molecule has 0 saturated heterocycles. The minimum atomic E-state index is 0.619. The Bertz CT molecular complexity index is 546. The zero-order valence-electron chi connectivity index (χ0n) is 11.6. The van der Waals surface area contributed by atoms with Crippen molar-refractivity contribution in [1.82, 2.24) is 25.3 Å². The van der Waals surface area contributed by atoms with Crippen LogP contribution in [0.4, 0.5) is 0 Å². The van der Waals surface area contributed by atoms with Gasteiger partial charge in [0.05, 0.1) is 5.75 Å². The van der Waals surface area contributed by atoms with Crippen molar-refractivity contribution in [2.24, 2.45) is 5.92 Å². The van der Waals surface area contributed by atoms with Crippen molar-refractivity contribution in [3.8, 4) is 0 Å². The zero-order valence-corrected chi connectivity index (χ0v) is 12.4. The fourth-order valence-electron chi connectivity index (χ4n) is 2.54. The Labute approximate surface area is 122 Å². The summed E-state index contributed by atoms with van der Waals surface area (Å²) >= 11 is 1.53. The molecule has 0 amide bonds. The van der Waals surface area contributed by atoms with E-state index in [0.717, 1.165) is 35.6 Å². The third-order valence-corrected chi connectivity index (χ3v) is 4.45. The van der Waals surface area contributed by atoms with E-state index in [2.05, 4.69) is 25.3 Å². The van der Waals surface area contributed by atoms with E-state index in [1.807, 2.05) is 6.92 Å². The van der Waals surface area contributed by atoms with Crippen LogP contribution in [0.15, 0.2) is 9.68 Å². The molecule has 6 nitrogen and oxygen atoms in total. The lowest BCUT2D eigenvalue weighted by atomic mass is 10.0. The van der Waals surface area contributed by atoms with Crippen LogP contribution in [0, 0.1) is 5.92 Å². The van der Waals surface area contributed by atoms with Gasteiger partial charge in [0, 0.05) is 12.8 Å². The molecule has 20 heavy (non-hydrogen) atoms. The molecule has 1 N–H and O–H groups in total. The van der Waals surface area contributed by atoms with E-state index < -0.39 is 0 Å². The first-order valence-corrected chi connectivity index (χ1v) is 8.17. The quantitative estimate of drug-likeness (QED) is 0.825. The smallest absolute Gasteiger partial charge is 0.237 e. The molecule has 0 unspecified atom stereocenters. The fraction of sp³-hybridized carbons (Fsp3) is 0.692.